The standard InChI is InChI=1S/C9H16N2O6S/c12-7(9(14)15)4-11-8(13)3-6-5-18(16,17)2-1-10-6/h6-7,10,12H,1-5H2,(H,11,13)(H,14,15). The van der Waals surface area contributed by atoms with Crippen LogP contribution in [0.5, 0.6) is 0 Å². The number of amides is 1. The van der Waals surface area contributed by atoms with Crippen LogP contribution in [0.4, 0.5) is 0 Å². The van der Waals surface area contributed by atoms with E-state index in [0.29, 0.717) is 6.54 Å². The number of aliphatic hydroxyl groups is 1. The van der Waals surface area contributed by atoms with Gasteiger partial charge in [-0.25, -0.2) is 13.2 Å². The summed E-state index contributed by atoms with van der Waals surface area (Å²) in [6.45, 7) is -0.0916. The molecule has 8 nitrogen and oxygen atoms in total. The monoisotopic (exact) mass is 280 g/mol. The van der Waals surface area contributed by atoms with Crippen LogP contribution in [0.3, 0.4) is 0 Å². The Labute approximate surface area is 104 Å². The minimum absolute atomic E-state index is 0.0584. The fraction of sp³-hybridized carbons (Fsp3) is 0.778. The first-order chi connectivity index (χ1) is 8.30. The topological polar surface area (TPSA) is 133 Å². The Morgan fingerprint density at radius 2 is 2.11 bits per heavy atom. The molecular weight excluding hydrogens is 264 g/mol. The van der Waals surface area contributed by atoms with Crippen molar-refractivity contribution in [1.29, 1.82) is 0 Å². The molecule has 104 valence electrons. The third kappa shape index (κ3) is 4.98. The van der Waals surface area contributed by atoms with Crippen molar-refractivity contribution in [3.63, 3.8) is 0 Å². The van der Waals surface area contributed by atoms with Crippen molar-refractivity contribution in [3.8, 4) is 0 Å². The molecule has 0 aliphatic carbocycles. The van der Waals surface area contributed by atoms with Gasteiger partial charge in [0.15, 0.2) is 15.9 Å². The van der Waals surface area contributed by atoms with Gasteiger partial charge < -0.3 is 20.8 Å². The molecule has 2 unspecified atom stereocenters. The van der Waals surface area contributed by atoms with Crippen molar-refractivity contribution in [3.05, 3.63) is 0 Å². The Bertz CT molecular complexity index is 421. The summed E-state index contributed by atoms with van der Waals surface area (Å²) in [6.07, 6.45) is -1.72. The van der Waals surface area contributed by atoms with E-state index in [1.807, 2.05) is 0 Å². The summed E-state index contributed by atoms with van der Waals surface area (Å²) in [5.74, 6) is -1.97. The molecule has 1 saturated heterocycles. The van der Waals surface area contributed by atoms with Crippen LogP contribution in [0.1, 0.15) is 6.42 Å². The Hall–Kier alpha value is -1.19. The molecule has 0 aromatic rings. The number of carboxylic acids is 1. The average Bonchev–Trinajstić information content (AvgIpc) is 2.24. The Morgan fingerprint density at radius 1 is 1.44 bits per heavy atom. The van der Waals surface area contributed by atoms with Crippen LogP contribution >= 0.6 is 0 Å². The number of carbonyl (C=O) groups excluding carboxylic acids is 1. The number of carboxylic acid groups (broad SMARTS) is 1. The molecule has 1 aliphatic rings. The van der Waals surface area contributed by atoms with Crippen molar-refractivity contribution >= 4 is 21.7 Å². The van der Waals surface area contributed by atoms with Crippen LogP contribution in [-0.4, -0.2) is 67.2 Å². The van der Waals surface area contributed by atoms with Crippen LogP contribution < -0.4 is 10.6 Å². The minimum atomic E-state index is -3.11. The highest BCUT2D eigenvalue weighted by molar-refractivity contribution is 7.91. The second-order valence-corrected chi connectivity index (χ2v) is 6.36. The molecule has 1 aliphatic heterocycles. The third-order valence-corrected chi connectivity index (χ3v) is 4.25. The lowest BCUT2D eigenvalue weighted by molar-refractivity contribution is -0.146. The molecule has 4 N–H and O–H groups in total. The smallest absolute Gasteiger partial charge is 0.334 e. The summed E-state index contributed by atoms with van der Waals surface area (Å²) in [5, 5.41) is 22.5. The molecule has 0 radical (unpaired) electrons. The van der Waals surface area contributed by atoms with Crippen LogP contribution in [0.15, 0.2) is 0 Å². The van der Waals surface area contributed by atoms with E-state index in [-0.39, 0.29) is 17.9 Å². The van der Waals surface area contributed by atoms with Gasteiger partial charge in [-0.1, -0.05) is 0 Å². The van der Waals surface area contributed by atoms with Crippen molar-refractivity contribution in [2.24, 2.45) is 0 Å². The molecule has 0 spiro atoms. The molecule has 1 amide bonds. The van der Waals surface area contributed by atoms with Gasteiger partial charge in [-0.2, -0.15) is 0 Å². The summed E-state index contributed by atoms with van der Waals surface area (Å²) in [6, 6.07) is -0.467. The maximum Gasteiger partial charge on any atom is 0.334 e. The number of nitrogens with one attached hydrogen (secondary N) is 2. The van der Waals surface area contributed by atoms with Gasteiger partial charge in [-0.05, 0) is 0 Å². The molecule has 0 bridgehead atoms. The van der Waals surface area contributed by atoms with E-state index < -0.39 is 40.4 Å². The molecule has 1 rings (SSSR count). The highest BCUT2D eigenvalue weighted by Gasteiger charge is 2.26. The molecule has 1 fully saturated rings. The largest absolute Gasteiger partial charge is 0.479 e. The van der Waals surface area contributed by atoms with Gasteiger partial charge in [0.1, 0.15) is 0 Å². The SMILES string of the molecule is O=C(CC1CS(=O)(=O)CCN1)NCC(O)C(=O)O. The predicted octanol–water partition coefficient (Wildman–Crippen LogP) is -2.68. The van der Waals surface area contributed by atoms with Gasteiger partial charge in [0.2, 0.25) is 5.91 Å². The average molecular weight is 280 g/mol. The zero-order valence-corrected chi connectivity index (χ0v) is 10.4. The van der Waals surface area contributed by atoms with E-state index in [9.17, 15) is 18.0 Å². The molecule has 0 saturated carbocycles. The Morgan fingerprint density at radius 3 is 2.67 bits per heavy atom. The highest BCUT2D eigenvalue weighted by atomic mass is 32.2. The van der Waals surface area contributed by atoms with Crippen molar-refractivity contribution in [2.75, 3.05) is 24.6 Å². The highest BCUT2D eigenvalue weighted by Crippen LogP contribution is 2.04. The lowest BCUT2D eigenvalue weighted by Crippen LogP contribution is -2.48. The van der Waals surface area contributed by atoms with Crippen molar-refractivity contribution in [1.82, 2.24) is 10.6 Å². The van der Waals surface area contributed by atoms with E-state index in [2.05, 4.69) is 10.6 Å². The zero-order chi connectivity index (χ0) is 13.8. The van der Waals surface area contributed by atoms with Gasteiger partial charge in [-0.3, -0.25) is 4.79 Å². The number of hydrogen-bond acceptors (Lipinski definition) is 6. The van der Waals surface area contributed by atoms with E-state index in [1.54, 1.807) is 0 Å². The zero-order valence-electron chi connectivity index (χ0n) is 9.63. The quantitative estimate of drug-likeness (QED) is 0.431. The van der Waals surface area contributed by atoms with E-state index in [1.165, 1.54) is 0 Å². The summed E-state index contributed by atoms with van der Waals surface area (Å²) >= 11 is 0. The fourth-order valence-electron chi connectivity index (χ4n) is 1.59. The Kier molecular flexibility index (Phi) is 5.05. The lowest BCUT2D eigenvalue weighted by atomic mass is 10.2. The van der Waals surface area contributed by atoms with E-state index in [4.69, 9.17) is 10.2 Å². The first-order valence-corrected chi connectivity index (χ1v) is 7.23. The predicted molar refractivity (Wildman–Crippen MR) is 61.7 cm³/mol. The van der Waals surface area contributed by atoms with Crippen LogP contribution in [0, 0.1) is 0 Å². The summed E-state index contributed by atoms with van der Waals surface area (Å²) in [4.78, 5) is 21.7. The van der Waals surface area contributed by atoms with Gasteiger partial charge in [0.25, 0.3) is 0 Å². The molecule has 9 heteroatoms. The number of sulfone groups is 1. The minimum Gasteiger partial charge on any atom is -0.479 e. The molecule has 1 heterocycles. The Balaban J connectivity index is 2.34. The molecular formula is C9H16N2O6S. The first kappa shape index (κ1) is 14.9. The normalized spacial score (nSPS) is 24.2. The van der Waals surface area contributed by atoms with Gasteiger partial charge in [0.05, 0.1) is 18.1 Å². The number of aliphatic carboxylic acids is 1. The lowest BCUT2D eigenvalue weighted by Gasteiger charge is -2.23. The first-order valence-electron chi connectivity index (χ1n) is 5.41. The second-order valence-electron chi connectivity index (χ2n) is 4.13. The summed E-state index contributed by atoms with van der Waals surface area (Å²) in [7, 11) is -3.11. The van der Waals surface area contributed by atoms with E-state index >= 15 is 0 Å². The second kappa shape index (κ2) is 6.12. The maximum absolute atomic E-state index is 11.4. The van der Waals surface area contributed by atoms with Gasteiger partial charge in [0, 0.05) is 19.0 Å². The van der Waals surface area contributed by atoms with E-state index in [0.717, 1.165) is 0 Å². The third-order valence-electron chi connectivity index (χ3n) is 2.51. The number of hydrogen-bond donors (Lipinski definition) is 4. The van der Waals surface area contributed by atoms with Crippen LogP contribution in [-0.2, 0) is 19.4 Å². The van der Waals surface area contributed by atoms with Crippen LogP contribution in [0.2, 0.25) is 0 Å². The fourth-order valence-corrected chi connectivity index (χ4v) is 3.04. The molecule has 2 atom stereocenters. The molecule has 0 aromatic carbocycles. The maximum atomic E-state index is 11.4. The number of aliphatic hydroxyl groups excluding tert-OH is 1. The molecule has 18 heavy (non-hydrogen) atoms. The molecule has 0 aromatic heterocycles. The number of carbonyl (C=O) groups is 2. The van der Waals surface area contributed by atoms with Crippen molar-refractivity contribution < 1.29 is 28.2 Å². The van der Waals surface area contributed by atoms with Crippen LogP contribution in [0.25, 0.3) is 0 Å². The van der Waals surface area contributed by atoms with Gasteiger partial charge in [-0.15, -0.1) is 0 Å². The number of rotatable bonds is 5. The van der Waals surface area contributed by atoms with Crippen molar-refractivity contribution in [2.45, 2.75) is 18.6 Å². The van der Waals surface area contributed by atoms with Gasteiger partial charge >= 0.3 is 5.97 Å². The summed E-state index contributed by atoms with van der Waals surface area (Å²) in [5.41, 5.74) is 0. The summed E-state index contributed by atoms with van der Waals surface area (Å²) < 4.78 is 22.6.